The van der Waals surface area contributed by atoms with Gasteiger partial charge in [0.1, 0.15) is 5.82 Å². The number of hydrogen-bond acceptors (Lipinski definition) is 3. The Morgan fingerprint density at radius 2 is 1.85 bits per heavy atom. The van der Waals surface area contributed by atoms with Crippen LogP contribution in [0.4, 0.5) is 5.82 Å². The fourth-order valence-electron chi connectivity index (χ4n) is 2.44. The van der Waals surface area contributed by atoms with E-state index in [2.05, 4.69) is 42.0 Å². The molecule has 112 valence electrons. The number of nitrogens with one attached hydrogen (secondary N) is 1. The lowest BCUT2D eigenvalue weighted by molar-refractivity contribution is 0.424. The van der Waals surface area contributed by atoms with E-state index in [9.17, 15) is 0 Å². The van der Waals surface area contributed by atoms with Crippen LogP contribution in [-0.4, -0.2) is 23.6 Å². The van der Waals surface area contributed by atoms with Crippen molar-refractivity contribution in [2.24, 2.45) is 0 Å². The number of rotatable bonds is 3. The van der Waals surface area contributed by atoms with Crippen molar-refractivity contribution in [3.63, 3.8) is 0 Å². The minimum absolute atomic E-state index is 0.0926. The first kappa shape index (κ1) is 15.6. The van der Waals surface area contributed by atoms with Crippen LogP contribution in [0, 0.1) is 0 Å². The predicted octanol–water partition coefficient (Wildman–Crippen LogP) is 4.00. The van der Waals surface area contributed by atoms with Crippen molar-refractivity contribution in [3.05, 3.63) is 22.8 Å². The van der Waals surface area contributed by atoms with Gasteiger partial charge >= 0.3 is 0 Å². The molecule has 0 amide bonds. The van der Waals surface area contributed by atoms with E-state index in [0.717, 1.165) is 36.0 Å². The number of hydrogen-bond donors (Lipinski definition) is 1. The third-order valence-corrected chi connectivity index (χ3v) is 4.00. The number of halogens is 1. The Kier molecular flexibility index (Phi) is 5.28. The first-order valence-corrected chi connectivity index (χ1v) is 7.98. The van der Waals surface area contributed by atoms with E-state index in [4.69, 9.17) is 11.6 Å². The van der Waals surface area contributed by atoms with Crippen molar-refractivity contribution in [2.75, 3.05) is 18.0 Å². The molecule has 1 aliphatic rings. The molecule has 0 spiro atoms. The van der Waals surface area contributed by atoms with Crippen molar-refractivity contribution in [1.29, 1.82) is 0 Å². The van der Waals surface area contributed by atoms with Crippen LogP contribution in [0.15, 0.2) is 12.3 Å². The Hall–Kier alpha value is -0.800. The van der Waals surface area contributed by atoms with Gasteiger partial charge in [-0.2, -0.15) is 0 Å². The molecule has 1 saturated heterocycles. The summed E-state index contributed by atoms with van der Waals surface area (Å²) < 4.78 is 0. The second-order valence-corrected chi connectivity index (χ2v) is 7.05. The fourth-order valence-corrected chi connectivity index (χ4v) is 2.61. The molecule has 0 radical (unpaired) electrons. The van der Waals surface area contributed by atoms with Crippen molar-refractivity contribution < 1.29 is 0 Å². The monoisotopic (exact) mass is 295 g/mol. The molecule has 0 unspecified atom stereocenters. The van der Waals surface area contributed by atoms with Crippen LogP contribution in [0.2, 0.25) is 5.02 Å². The molecule has 1 aromatic heterocycles. The summed E-state index contributed by atoms with van der Waals surface area (Å²) in [5, 5.41) is 4.24. The highest BCUT2D eigenvalue weighted by atomic mass is 35.5. The van der Waals surface area contributed by atoms with Gasteiger partial charge in [0.05, 0.1) is 5.02 Å². The minimum Gasteiger partial charge on any atom is -0.357 e. The van der Waals surface area contributed by atoms with E-state index in [0.29, 0.717) is 0 Å². The standard InChI is InChI=1S/C16H26ClN3/c1-16(2,3)19-11-13-10-15(18-12-14(13)17)20-8-6-4-5-7-9-20/h10,12,19H,4-9,11H2,1-3H3. The zero-order valence-electron chi connectivity index (χ0n) is 12.9. The van der Waals surface area contributed by atoms with Crippen molar-refractivity contribution in [3.8, 4) is 0 Å². The van der Waals surface area contributed by atoms with Crippen molar-refractivity contribution in [1.82, 2.24) is 10.3 Å². The summed E-state index contributed by atoms with van der Waals surface area (Å²) in [6, 6.07) is 2.15. The van der Waals surface area contributed by atoms with E-state index in [-0.39, 0.29) is 5.54 Å². The largest absolute Gasteiger partial charge is 0.357 e. The molecule has 0 aromatic carbocycles. The van der Waals surface area contributed by atoms with Crippen LogP contribution in [0.5, 0.6) is 0 Å². The Labute approximate surface area is 127 Å². The quantitative estimate of drug-likeness (QED) is 0.913. The van der Waals surface area contributed by atoms with E-state index in [1.54, 1.807) is 6.20 Å². The van der Waals surface area contributed by atoms with Crippen LogP contribution in [0.1, 0.15) is 52.0 Å². The van der Waals surface area contributed by atoms with Gasteiger partial charge in [-0.25, -0.2) is 4.98 Å². The molecule has 1 aliphatic heterocycles. The molecule has 1 N–H and O–H groups in total. The lowest BCUT2D eigenvalue weighted by Gasteiger charge is -2.24. The molecule has 0 bridgehead atoms. The van der Waals surface area contributed by atoms with Crippen molar-refractivity contribution >= 4 is 17.4 Å². The van der Waals surface area contributed by atoms with Crippen LogP contribution >= 0.6 is 11.6 Å². The van der Waals surface area contributed by atoms with Gasteiger partial charge in [-0.15, -0.1) is 0 Å². The second kappa shape index (κ2) is 6.77. The van der Waals surface area contributed by atoms with Gasteiger partial charge in [0.2, 0.25) is 0 Å². The molecule has 3 nitrogen and oxygen atoms in total. The first-order valence-electron chi connectivity index (χ1n) is 7.60. The van der Waals surface area contributed by atoms with Gasteiger partial charge in [-0.05, 0) is 45.2 Å². The molecule has 20 heavy (non-hydrogen) atoms. The summed E-state index contributed by atoms with van der Waals surface area (Å²) in [7, 11) is 0. The molecular weight excluding hydrogens is 270 g/mol. The van der Waals surface area contributed by atoms with Crippen molar-refractivity contribution in [2.45, 2.75) is 58.5 Å². The van der Waals surface area contributed by atoms with Gasteiger partial charge in [0.15, 0.2) is 0 Å². The lowest BCUT2D eigenvalue weighted by atomic mass is 10.1. The highest BCUT2D eigenvalue weighted by Gasteiger charge is 2.14. The number of nitrogens with zero attached hydrogens (tertiary/aromatic N) is 2. The highest BCUT2D eigenvalue weighted by Crippen LogP contribution is 2.23. The SMILES string of the molecule is CC(C)(C)NCc1cc(N2CCCCCC2)ncc1Cl. The van der Waals surface area contributed by atoms with Gasteiger partial charge in [-0.1, -0.05) is 24.4 Å². The normalized spacial score (nSPS) is 17.1. The summed E-state index contributed by atoms with van der Waals surface area (Å²) in [5.74, 6) is 1.07. The summed E-state index contributed by atoms with van der Waals surface area (Å²) in [6.07, 6.45) is 6.99. The zero-order valence-corrected chi connectivity index (χ0v) is 13.6. The van der Waals surface area contributed by atoms with Crippen LogP contribution in [0.3, 0.4) is 0 Å². The minimum atomic E-state index is 0.0926. The number of pyridine rings is 1. The molecule has 4 heteroatoms. The topological polar surface area (TPSA) is 28.2 Å². The molecule has 0 saturated carbocycles. The van der Waals surface area contributed by atoms with Crippen LogP contribution < -0.4 is 10.2 Å². The molecule has 1 fully saturated rings. The molecular formula is C16H26ClN3. The Balaban J connectivity index is 2.10. The average Bonchev–Trinajstić information content (AvgIpc) is 2.66. The van der Waals surface area contributed by atoms with Gasteiger partial charge in [0.25, 0.3) is 0 Å². The zero-order chi connectivity index (χ0) is 14.6. The Morgan fingerprint density at radius 1 is 1.20 bits per heavy atom. The molecule has 2 rings (SSSR count). The molecule has 0 atom stereocenters. The maximum absolute atomic E-state index is 6.28. The summed E-state index contributed by atoms with van der Waals surface area (Å²) in [4.78, 5) is 6.91. The van der Waals surface area contributed by atoms with E-state index < -0.39 is 0 Å². The molecule has 0 aliphatic carbocycles. The lowest BCUT2D eigenvalue weighted by Crippen LogP contribution is -2.35. The average molecular weight is 296 g/mol. The molecule has 2 heterocycles. The maximum Gasteiger partial charge on any atom is 0.128 e. The third kappa shape index (κ3) is 4.64. The Morgan fingerprint density at radius 3 is 2.45 bits per heavy atom. The third-order valence-electron chi connectivity index (χ3n) is 3.66. The van der Waals surface area contributed by atoms with Gasteiger partial charge in [0, 0.05) is 31.4 Å². The van der Waals surface area contributed by atoms with E-state index in [1.165, 1.54) is 25.7 Å². The maximum atomic E-state index is 6.28. The van der Waals surface area contributed by atoms with Gasteiger partial charge in [-0.3, -0.25) is 0 Å². The van der Waals surface area contributed by atoms with Crippen LogP contribution in [0.25, 0.3) is 0 Å². The van der Waals surface area contributed by atoms with Crippen LogP contribution in [-0.2, 0) is 6.54 Å². The number of aromatic nitrogens is 1. The fraction of sp³-hybridized carbons (Fsp3) is 0.688. The Bertz CT molecular complexity index is 432. The summed E-state index contributed by atoms with van der Waals surface area (Å²) >= 11 is 6.28. The van der Waals surface area contributed by atoms with Gasteiger partial charge < -0.3 is 10.2 Å². The number of anilines is 1. The molecule has 1 aromatic rings. The first-order chi connectivity index (χ1) is 9.46. The van der Waals surface area contributed by atoms with E-state index in [1.807, 2.05) is 0 Å². The summed E-state index contributed by atoms with van der Waals surface area (Å²) in [5.41, 5.74) is 1.23. The summed E-state index contributed by atoms with van der Waals surface area (Å²) in [6.45, 7) is 9.50. The second-order valence-electron chi connectivity index (χ2n) is 6.64. The predicted molar refractivity (Wildman–Crippen MR) is 86.5 cm³/mol. The smallest absolute Gasteiger partial charge is 0.128 e. The highest BCUT2D eigenvalue weighted by molar-refractivity contribution is 6.31. The van der Waals surface area contributed by atoms with E-state index >= 15 is 0 Å².